The fourth-order valence-corrected chi connectivity index (χ4v) is 7.61. The van der Waals surface area contributed by atoms with Crippen LogP contribution in [0, 0.1) is 36.9 Å². The van der Waals surface area contributed by atoms with Crippen molar-refractivity contribution in [2.24, 2.45) is 7.05 Å². The maximum Gasteiger partial charge on any atom is 0.317 e. The van der Waals surface area contributed by atoms with Crippen LogP contribution in [-0.4, -0.2) is 211 Å². The van der Waals surface area contributed by atoms with Crippen LogP contribution in [0.1, 0.15) is 32.1 Å². The maximum absolute atomic E-state index is 14.9. The van der Waals surface area contributed by atoms with Gasteiger partial charge in [0.1, 0.15) is 11.9 Å². The average Bonchev–Trinajstić information content (AvgIpc) is 3.94. The number of nitrogens with zero attached hydrogens (tertiary/aromatic N) is 11. The summed E-state index contributed by atoms with van der Waals surface area (Å²) in [7, 11) is 3.32. The first-order valence-electron chi connectivity index (χ1n) is 21.4. The van der Waals surface area contributed by atoms with E-state index in [0.717, 1.165) is 38.2 Å². The van der Waals surface area contributed by atoms with Crippen LogP contribution in [-0.2, 0) is 37.6 Å². The van der Waals surface area contributed by atoms with Gasteiger partial charge in [-0.2, -0.15) is 9.97 Å². The number of aryl methyl sites for hydroxylation is 2. The first-order chi connectivity index (χ1) is 30.7. The topological polar surface area (TPSA) is 269 Å². The Labute approximate surface area is 405 Å². The van der Waals surface area contributed by atoms with Crippen molar-refractivity contribution in [3.8, 4) is 5.88 Å². The van der Waals surface area contributed by atoms with E-state index in [1.165, 1.54) is 7.11 Å². The second-order valence-electron chi connectivity index (χ2n) is 16.0. The van der Waals surface area contributed by atoms with Crippen molar-refractivity contribution >= 4 is 58.3 Å². The second-order valence-corrected chi connectivity index (χ2v) is 16.0. The molecule has 3 aromatic heterocycles. The van der Waals surface area contributed by atoms with E-state index >= 15 is 0 Å². The van der Waals surface area contributed by atoms with Gasteiger partial charge >= 0.3 is 17.9 Å². The number of anilines is 3. The number of rotatable bonds is 22. The number of carboxylic acids is 3. The summed E-state index contributed by atoms with van der Waals surface area (Å²) in [6.45, 7) is 6.71. The van der Waals surface area contributed by atoms with E-state index in [0.29, 0.717) is 94.0 Å². The molecule has 367 valence electrons. The van der Waals surface area contributed by atoms with Crippen LogP contribution in [0.5, 0.6) is 5.88 Å². The van der Waals surface area contributed by atoms with Gasteiger partial charge in [0.15, 0.2) is 17.0 Å². The van der Waals surface area contributed by atoms with Gasteiger partial charge in [0.25, 0.3) is 5.88 Å². The molecule has 6 N–H and O–H groups in total. The molecule has 2 aliphatic heterocycles. The smallest absolute Gasteiger partial charge is 0.317 e. The Kier molecular flexibility index (Phi) is 21.5. The Bertz CT molecular complexity index is 2040. The third kappa shape index (κ3) is 16.9. The van der Waals surface area contributed by atoms with E-state index < -0.39 is 36.0 Å². The van der Waals surface area contributed by atoms with E-state index in [9.17, 15) is 43.7 Å². The third-order valence-electron chi connectivity index (χ3n) is 11.0. The minimum atomic E-state index is -1.32. The molecule has 65 heavy (non-hydrogen) atoms. The number of nitrogens with one attached hydrogen (secondary N) is 3. The quantitative estimate of drug-likeness (QED) is 0.0556. The summed E-state index contributed by atoms with van der Waals surface area (Å²) in [5, 5.41) is 41.8. The minimum absolute atomic E-state index is 0. The zero-order valence-corrected chi connectivity index (χ0v) is 38.4. The largest absolute Gasteiger partial charge is 0.480 e. The Morgan fingerprint density at radius 3 is 1.94 bits per heavy atom. The SMILES string of the molecule is C=CC(=O)N[C@@H]1CN(c2nc(Nc3cn(CCCCCCCNC(=O)CN4CCN(CC(=O)O)CCN(CC(=O)O)CCN(CC(=O)O)CC4)nc3OC)c3ncn(C)c3n2)C[C@H]1F.[Lu]. The van der Waals surface area contributed by atoms with E-state index in [2.05, 4.69) is 37.6 Å². The Balaban J connectivity index is 0.00000925. The van der Waals surface area contributed by atoms with Crippen molar-refractivity contribution in [2.75, 3.05) is 115 Å². The molecule has 23 nitrogen and oxygen atoms in total. The van der Waals surface area contributed by atoms with Crippen molar-refractivity contribution in [2.45, 2.75) is 50.9 Å². The predicted octanol–water partition coefficient (Wildman–Crippen LogP) is -0.317. The molecule has 25 heteroatoms. The number of hydrogen-bond acceptors (Lipinski definition) is 16. The number of ether oxygens (including phenoxy) is 1. The molecule has 0 spiro atoms. The maximum atomic E-state index is 14.9. The molecule has 5 rings (SSSR count). The van der Waals surface area contributed by atoms with Crippen LogP contribution < -0.4 is 25.6 Å². The Morgan fingerprint density at radius 2 is 1.38 bits per heavy atom. The van der Waals surface area contributed by atoms with Crippen molar-refractivity contribution in [1.29, 1.82) is 0 Å². The fraction of sp³-hybridized carbons (Fsp3) is 0.625. The molecule has 3 aromatic rings. The number of carbonyl (C=O) groups is 5. The molecule has 5 heterocycles. The molecule has 2 fully saturated rings. The molecule has 2 atom stereocenters. The van der Waals surface area contributed by atoms with E-state index in [1.807, 2.05) is 11.1 Å². The number of unbranched alkanes of at least 4 members (excludes halogenated alkanes) is 4. The number of carboxylic acid groups (broad SMARTS) is 3. The van der Waals surface area contributed by atoms with Gasteiger partial charge in [-0.1, -0.05) is 25.8 Å². The monoisotopic (exact) mass is 1080 g/mol. The molecule has 0 bridgehead atoms. The zero-order valence-electron chi connectivity index (χ0n) is 36.8. The van der Waals surface area contributed by atoms with Gasteiger partial charge < -0.3 is 45.5 Å². The molecule has 0 aliphatic carbocycles. The Morgan fingerprint density at radius 1 is 0.831 bits per heavy atom. The number of fused-ring (bicyclic) bond motifs is 1. The van der Waals surface area contributed by atoms with Crippen molar-refractivity contribution in [3.63, 3.8) is 0 Å². The van der Waals surface area contributed by atoms with Crippen LogP contribution in [0.25, 0.3) is 11.2 Å². The average molecular weight is 1080 g/mol. The van der Waals surface area contributed by atoms with Crippen LogP contribution in [0.15, 0.2) is 25.2 Å². The van der Waals surface area contributed by atoms with Gasteiger partial charge in [0, 0.05) is 116 Å². The van der Waals surface area contributed by atoms with E-state index in [-0.39, 0.29) is 88.0 Å². The van der Waals surface area contributed by atoms with E-state index in [4.69, 9.17) is 9.72 Å². The summed E-state index contributed by atoms with van der Waals surface area (Å²) in [6.07, 6.45) is 7.58. The number of carbonyl (C=O) groups excluding carboxylic acids is 2. The van der Waals surface area contributed by atoms with Crippen molar-refractivity contribution in [3.05, 3.63) is 25.2 Å². The van der Waals surface area contributed by atoms with Crippen molar-refractivity contribution in [1.82, 2.24) is 59.5 Å². The van der Waals surface area contributed by atoms with E-state index in [1.54, 1.807) is 42.2 Å². The third-order valence-corrected chi connectivity index (χ3v) is 11.0. The summed E-state index contributed by atoms with van der Waals surface area (Å²) < 4.78 is 24.0. The van der Waals surface area contributed by atoms with Gasteiger partial charge in [-0.05, 0) is 18.9 Å². The van der Waals surface area contributed by atoms with Crippen molar-refractivity contribution < 1.29 is 85.3 Å². The number of imidazole rings is 1. The van der Waals surface area contributed by atoms with Crippen LogP contribution >= 0.6 is 0 Å². The standard InChI is InChI=1S/C40H61FN14O9.Lu/c1-4-31(56)44-29-21-54(20-28(29)41)40-46-37(36-38(47-40)49(2)27-43-36)45-30-22-55(48-39(30)64-3)11-9-7-5-6-8-10-42-32(57)23-50-12-14-51(24-33(58)59)16-18-53(26-35(62)63)19-17-52(15-13-50)25-34(60)61;/h4,22,27-29H,1,5-21,23-26H2,2-3H3,(H,42,57)(H,44,56)(H,58,59)(H,60,61)(H,62,63)(H,45,46,47);/t28-,29-;/m1./s1. The van der Waals surface area contributed by atoms with Gasteiger partial charge in [-0.15, -0.1) is 5.10 Å². The minimum Gasteiger partial charge on any atom is -0.480 e. The number of halogens is 1. The number of amides is 2. The molecule has 0 saturated carbocycles. The number of hydrogen-bond donors (Lipinski definition) is 6. The Hall–Kier alpha value is -4.75. The summed E-state index contributed by atoms with van der Waals surface area (Å²) in [5.41, 5.74) is 1.59. The number of aliphatic carboxylic acids is 3. The van der Waals surface area contributed by atoms with Gasteiger partial charge in [0.05, 0.1) is 58.4 Å². The molecular formula is C40H61FLuN14O9. The number of methoxy groups -OCH3 is 1. The fourth-order valence-electron chi connectivity index (χ4n) is 7.61. The second kappa shape index (κ2) is 26.4. The summed E-state index contributed by atoms with van der Waals surface area (Å²) in [4.78, 5) is 81.9. The summed E-state index contributed by atoms with van der Waals surface area (Å²) in [6, 6.07) is -0.739. The molecule has 2 amide bonds. The van der Waals surface area contributed by atoms with Crippen LogP contribution in [0.2, 0.25) is 0 Å². The normalized spacial score (nSPS) is 18.3. The van der Waals surface area contributed by atoms with Gasteiger partial charge in [-0.25, -0.2) is 9.37 Å². The van der Waals surface area contributed by atoms with Crippen LogP contribution in [0.4, 0.5) is 21.8 Å². The molecular weight excluding hydrogens is 1010 g/mol. The molecule has 2 saturated heterocycles. The predicted molar refractivity (Wildman–Crippen MR) is 232 cm³/mol. The number of aromatic nitrogens is 6. The molecule has 2 aliphatic rings. The zero-order chi connectivity index (χ0) is 46.2. The number of alkyl halides is 1. The van der Waals surface area contributed by atoms with Gasteiger partial charge in [0.2, 0.25) is 17.8 Å². The molecule has 1 radical (unpaired) electrons. The van der Waals surface area contributed by atoms with Crippen LogP contribution in [0.3, 0.4) is 0 Å². The summed E-state index contributed by atoms with van der Waals surface area (Å²) >= 11 is 0. The first kappa shape index (κ1) is 52.9. The molecule has 0 unspecified atom stereocenters. The van der Waals surface area contributed by atoms with Gasteiger partial charge in [-0.3, -0.25) is 48.3 Å². The molecule has 0 aromatic carbocycles. The summed E-state index contributed by atoms with van der Waals surface area (Å²) in [5.74, 6) is -2.66. The first-order valence-corrected chi connectivity index (χ1v) is 21.4.